The van der Waals surface area contributed by atoms with Crippen LogP contribution >= 0.6 is 11.3 Å². The number of hydrogen-bond acceptors (Lipinski definition) is 5. The van der Waals surface area contributed by atoms with Gasteiger partial charge in [-0.15, -0.1) is 17.9 Å². The van der Waals surface area contributed by atoms with Gasteiger partial charge in [-0.05, 0) is 41.3 Å². The fraction of sp³-hybridized carbons (Fsp3) is 0.263. The van der Waals surface area contributed by atoms with E-state index in [1.54, 1.807) is 18.1 Å². The molecule has 3 rings (SSSR count). The molecular formula is C19H20N2O3S. The Morgan fingerprint density at radius 2 is 2.24 bits per heavy atom. The number of nitrogens with zero attached hydrogens (tertiary/aromatic N) is 2. The first-order chi connectivity index (χ1) is 12.2. The molecule has 0 fully saturated rings. The van der Waals surface area contributed by atoms with E-state index in [2.05, 4.69) is 11.7 Å². The van der Waals surface area contributed by atoms with Crippen LogP contribution in [-0.2, 0) is 4.84 Å². The van der Waals surface area contributed by atoms with Crippen molar-refractivity contribution in [1.29, 1.82) is 0 Å². The fourth-order valence-corrected chi connectivity index (χ4v) is 3.37. The van der Waals surface area contributed by atoms with Crippen molar-refractivity contribution < 1.29 is 14.4 Å². The Morgan fingerprint density at radius 1 is 1.44 bits per heavy atom. The lowest BCUT2D eigenvalue weighted by Crippen LogP contribution is -2.37. The highest BCUT2D eigenvalue weighted by atomic mass is 32.1. The summed E-state index contributed by atoms with van der Waals surface area (Å²) in [5.74, 6) is 0.801. The van der Waals surface area contributed by atoms with Gasteiger partial charge in [-0.2, -0.15) is 0 Å². The van der Waals surface area contributed by atoms with Crippen molar-refractivity contribution in [2.75, 3.05) is 20.2 Å². The number of carbonyl (C=O) groups excluding carboxylic acids is 1. The quantitative estimate of drug-likeness (QED) is 0.713. The molecule has 0 radical (unpaired) electrons. The first-order valence-corrected chi connectivity index (χ1v) is 8.90. The van der Waals surface area contributed by atoms with Crippen molar-refractivity contribution in [3.63, 3.8) is 0 Å². The standard InChI is InChI=1S/C19H20N2O3S/c1-3-10-21(19(22)18-5-4-11-25-18)13-16-12-17(20-24-16)14-6-8-15(23-2)9-7-14/h3-9,11,16H,1,10,12-13H2,2H3. The molecule has 0 saturated heterocycles. The number of thiophene rings is 1. The minimum Gasteiger partial charge on any atom is -0.497 e. The van der Waals surface area contributed by atoms with Crippen molar-refractivity contribution in [3.8, 4) is 5.75 Å². The predicted molar refractivity (Wildman–Crippen MR) is 99.4 cm³/mol. The van der Waals surface area contributed by atoms with E-state index in [9.17, 15) is 4.79 Å². The summed E-state index contributed by atoms with van der Waals surface area (Å²) >= 11 is 1.44. The highest BCUT2D eigenvalue weighted by molar-refractivity contribution is 7.12. The molecule has 0 N–H and O–H groups in total. The van der Waals surface area contributed by atoms with Crippen molar-refractivity contribution >= 4 is 23.0 Å². The van der Waals surface area contributed by atoms with Crippen LogP contribution < -0.4 is 4.74 Å². The molecule has 1 atom stereocenters. The lowest BCUT2D eigenvalue weighted by Gasteiger charge is -2.22. The summed E-state index contributed by atoms with van der Waals surface area (Å²) < 4.78 is 5.17. The lowest BCUT2D eigenvalue weighted by atomic mass is 10.0. The highest BCUT2D eigenvalue weighted by Crippen LogP contribution is 2.21. The molecule has 1 aromatic carbocycles. The summed E-state index contributed by atoms with van der Waals surface area (Å²) in [6.07, 6.45) is 2.24. The van der Waals surface area contributed by atoms with Crippen LogP contribution in [0.1, 0.15) is 21.7 Å². The zero-order valence-corrected chi connectivity index (χ0v) is 14.9. The lowest BCUT2D eigenvalue weighted by molar-refractivity contribution is 0.0452. The minimum absolute atomic E-state index is 0.00334. The molecule has 1 aromatic heterocycles. The Kier molecular flexibility index (Phi) is 5.50. The van der Waals surface area contributed by atoms with Gasteiger partial charge in [-0.25, -0.2) is 0 Å². The third-order valence-electron chi connectivity index (χ3n) is 3.95. The number of methoxy groups -OCH3 is 1. The molecule has 1 aliphatic heterocycles. The summed E-state index contributed by atoms with van der Waals surface area (Å²) in [6, 6.07) is 11.4. The molecule has 130 valence electrons. The maximum absolute atomic E-state index is 12.6. The number of ether oxygens (including phenoxy) is 1. The summed E-state index contributed by atoms with van der Waals surface area (Å²) in [6.45, 7) is 4.70. The van der Waals surface area contributed by atoms with Gasteiger partial charge in [0.1, 0.15) is 5.75 Å². The zero-order chi connectivity index (χ0) is 17.6. The van der Waals surface area contributed by atoms with Crippen LogP contribution in [0.5, 0.6) is 5.75 Å². The van der Waals surface area contributed by atoms with E-state index in [0.717, 1.165) is 21.9 Å². The SMILES string of the molecule is C=CCN(CC1CC(c2ccc(OC)cc2)=NO1)C(=O)c1cccs1. The molecule has 0 saturated carbocycles. The molecule has 25 heavy (non-hydrogen) atoms. The van der Waals surface area contributed by atoms with Gasteiger partial charge >= 0.3 is 0 Å². The molecule has 1 unspecified atom stereocenters. The molecule has 2 aromatic rings. The number of hydrogen-bond donors (Lipinski definition) is 0. The second-order valence-electron chi connectivity index (χ2n) is 5.67. The van der Waals surface area contributed by atoms with E-state index < -0.39 is 0 Å². The number of rotatable bonds is 7. The second-order valence-corrected chi connectivity index (χ2v) is 6.62. The van der Waals surface area contributed by atoms with E-state index in [4.69, 9.17) is 9.57 Å². The monoisotopic (exact) mass is 356 g/mol. The molecule has 0 aliphatic carbocycles. The van der Waals surface area contributed by atoms with Gasteiger partial charge in [0.2, 0.25) is 0 Å². The van der Waals surface area contributed by atoms with E-state index in [1.807, 2.05) is 41.8 Å². The molecule has 1 amide bonds. The van der Waals surface area contributed by atoms with Gasteiger partial charge in [-0.1, -0.05) is 17.3 Å². The number of amides is 1. The molecule has 2 heterocycles. The predicted octanol–water partition coefficient (Wildman–Crippen LogP) is 3.58. The Bertz CT molecular complexity index is 753. The Balaban J connectivity index is 1.63. The largest absolute Gasteiger partial charge is 0.497 e. The van der Waals surface area contributed by atoms with Crippen LogP contribution in [0.3, 0.4) is 0 Å². The molecule has 1 aliphatic rings. The van der Waals surface area contributed by atoms with Gasteiger partial charge in [0.15, 0.2) is 6.10 Å². The number of carbonyl (C=O) groups is 1. The summed E-state index contributed by atoms with van der Waals surface area (Å²) in [7, 11) is 1.64. The second kappa shape index (κ2) is 7.98. The molecule has 5 nitrogen and oxygen atoms in total. The molecule has 0 spiro atoms. The first-order valence-electron chi connectivity index (χ1n) is 8.02. The van der Waals surface area contributed by atoms with Crippen LogP contribution in [-0.4, -0.2) is 42.8 Å². The van der Waals surface area contributed by atoms with Crippen molar-refractivity contribution in [2.24, 2.45) is 5.16 Å². The van der Waals surface area contributed by atoms with Crippen molar-refractivity contribution in [2.45, 2.75) is 12.5 Å². The van der Waals surface area contributed by atoms with E-state index in [-0.39, 0.29) is 12.0 Å². The van der Waals surface area contributed by atoms with Gasteiger partial charge in [0.05, 0.1) is 24.2 Å². The number of benzene rings is 1. The van der Waals surface area contributed by atoms with Gasteiger partial charge in [0, 0.05) is 13.0 Å². The average Bonchev–Trinajstić information content (AvgIpc) is 3.33. The maximum atomic E-state index is 12.6. The van der Waals surface area contributed by atoms with Gasteiger partial charge in [-0.3, -0.25) is 4.79 Å². The Labute approximate surface area is 151 Å². The highest BCUT2D eigenvalue weighted by Gasteiger charge is 2.27. The summed E-state index contributed by atoms with van der Waals surface area (Å²) in [5, 5.41) is 6.09. The fourth-order valence-electron chi connectivity index (χ4n) is 2.68. The molecule has 6 heteroatoms. The van der Waals surface area contributed by atoms with Crippen LogP contribution in [0.4, 0.5) is 0 Å². The average molecular weight is 356 g/mol. The van der Waals surface area contributed by atoms with Crippen LogP contribution in [0.25, 0.3) is 0 Å². The molecular weight excluding hydrogens is 336 g/mol. The summed E-state index contributed by atoms with van der Waals surface area (Å²) in [4.78, 5) is 20.6. The van der Waals surface area contributed by atoms with Gasteiger partial charge in [0.25, 0.3) is 5.91 Å². The third-order valence-corrected chi connectivity index (χ3v) is 4.81. The van der Waals surface area contributed by atoms with E-state index in [1.165, 1.54) is 11.3 Å². The molecule has 0 bridgehead atoms. The Morgan fingerprint density at radius 3 is 2.88 bits per heavy atom. The third kappa shape index (κ3) is 4.09. The van der Waals surface area contributed by atoms with Crippen molar-refractivity contribution in [1.82, 2.24) is 4.90 Å². The van der Waals surface area contributed by atoms with Crippen molar-refractivity contribution in [3.05, 3.63) is 64.9 Å². The maximum Gasteiger partial charge on any atom is 0.264 e. The Hall–Kier alpha value is -2.60. The number of oxime groups is 1. The zero-order valence-electron chi connectivity index (χ0n) is 14.1. The van der Waals surface area contributed by atoms with Gasteiger partial charge < -0.3 is 14.5 Å². The van der Waals surface area contributed by atoms with Crippen LogP contribution in [0, 0.1) is 0 Å². The topological polar surface area (TPSA) is 51.1 Å². The minimum atomic E-state index is -0.152. The van der Waals surface area contributed by atoms with Crippen LogP contribution in [0.2, 0.25) is 0 Å². The van der Waals surface area contributed by atoms with Crippen LogP contribution in [0.15, 0.2) is 59.6 Å². The normalized spacial score (nSPS) is 16.0. The first kappa shape index (κ1) is 17.2. The van der Waals surface area contributed by atoms with E-state index >= 15 is 0 Å². The van der Waals surface area contributed by atoms with E-state index in [0.29, 0.717) is 19.5 Å². The summed E-state index contributed by atoms with van der Waals surface area (Å²) in [5.41, 5.74) is 1.89. The smallest absolute Gasteiger partial charge is 0.264 e.